The summed E-state index contributed by atoms with van der Waals surface area (Å²) in [7, 11) is 0. The molecule has 1 heterocycles. The Hall–Kier alpha value is -2.44. The Kier molecular flexibility index (Phi) is 5.46. The summed E-state index contributed by atoms with van der Waals surface area (Å²) in [6, 6.07) is 2.56. The lowest BCUT2D eigenvalue weighted by Gasteiger charge is -2.14. The van der Waals surface area contributed by atoms with E-state index >= 15 is 0 Å². The van der Waals surface area contributed by atoms with E-state index in [1.54, 1.807) is 31.5 Å². The number of pyridine rings is 1. The molecule has 0 saturated heterocycles. The molecular formula is C12H15N3O4. The molecule has 0 bridgehead atoms. The smallest absolute Gasteiger partial charge is 0.321 e. The van der Waals surface area contributed by atoms with Crippen molar-refractivity contribution in [2.45, 2.75) is 25.8 Å². The van der Waals surface area contributed by atoms with E-state index in [0.717, 1.165) is 5.56 Å². The summed E-state index contributed by atoms with van der Waals surface area (Å²) in [5.74, 6) is -1.71. The number of carbonyl (C=O) groups excluding carboxylic acids is 2. The van der Waals surface area contributed by atoms with E-state index in [9.17, 15) is 14.4 Å². The Labute approximate surface area is 110 Å². The molecule has 102 valence electrons. The minimum Gasteiger partial charge on any atom is -0.481 e. The molecule has 1 aromatic rings. The maximum Gasteiger partial charge on any atom is 0.321 e. The Morgan fingerprint density at radius 2 is 1.89 bits per heavy atom. The van der Waals surface area contributed by atoms with Crippen molar-refractivity contribution in [2.24, 2.45) is 0 Å². The van der Waals surface area contributed by atoms with Crippen molar-refractivity contribution < 1.29 is 19.5 Å². The first kappa shape index (κ1) is 14.6. The number of carbonyl (C=O) groups is 3. The largest absolute Gasteiger partial charge is 0.481 e. The molecule has 1 unspecified atom stereocenters. The number of carboxylic acid groups (broad SMARTS) is 1. The van der Waals surface area contributed by atoms with Crippen LogP contribution in [0.25, 0.3) is 0 Å². The van der Waals surface area contributed by atoms with Crippen LogP contribution >= 0.6 is 0 Å². The summed E-state index contributed by atoms with van der Waals surface area (Å²) < 4.78 is 0. The Morgan fingerprint density at radius 3 is 2.47 bits per heavy atom. The average Bonchev–Trinajstić information content (AvgIpc) is 2.37. The van der Waals surface area contributed by atoms with Gasteiger partial charge >= 0.3 is 12.0 Å². The molecule has 0 spiro atoms. The predicted molar refractivity (Wildman–Crippen MR) is 66.2 cm³/mol. The van der Waals surface area contributed by atoms with Gasteiger partial charge in [0, 0.05) is 18.8 Å². The molecule has 19 heavy (non-hydrogen) atoms. The summed E-state index contributed by atoms with van der Waals surface area (Å²) in [5, 5.41) is 13.0. The fraction of sp³-hybridized carbons (Fsp3) is 0.333. The molecule has 7 heteroatoms. The third-order valence-corrected chi connectivity index (χ3v) is 2.37. The maximum absolute atomic E-state index is 11.5. The molecule has 0 aromatic carbocycles. The fourth-order valence-corrected chi connectivity index (χ4v) is 1.38. The Morgan fingerprint density at radius 1 is 1.26 bits per heavy atom. The Bertz CT molecular complexity index is 461. The van der Waals surface area contributed by atoms with Crippen LogP contribution in [-0.2, 0) is 9.59 Å². The summed E-state index contributed by atoms with van der Waals surface area (Å²) >= 11 is 0. The number of aliphatic carboxylic acids is 1. The number of nitrogens with zero attached hydrogens (tertiary/aromatic N) is 1. The van der Waals surface area contributed by atoms with Gasteiger partial charge in [0.15, 0.2) is 0 Å². The molecule has 0 aliphatic heterocycles. The highest BCUT2D eigenvalue weighted by Gasteiger charge is 2.12. The van der Waals surface area contributed by atoms with Crippen molar-refractivity contribution in [2.75, 3.05) is 0 Å². The third kappa shape index (κ3) is 5.62. The number of hydrogen-bond donors (Lipinski definition) is 3. The molecule has 0 aliphatic carbocycles. The van der Waals surface area contributed by atoms with Gasteiger partial charge in [-0.1, -0.05) is 0 Å². The van der Waals surface area contributed by atoms with Crippen LogP contribution in [0.3, 0.4) is 0 Å². The molecule has 0 saturated carbocycles. The fourth-order valence-electron chi connectivity index (χ4n) is 1.38. The number of imide groups is 1. The zero-order chi connectivity index (χ0) is 14.3. The Balaban J connectivity index is 2.39. The molecule has 0 radical (unpaired) electrons. The van der Waals surface area contributed by atoms with Crippen LogP contribution in [0.1, 0.15) is 31.4 Å². The van der Waals surface area contributed by atoms with Crippen LogP contribution in [0.4, 0.5) is 4.79 Å². The standard InChI is InChI=1S/C12H15N3O4/c1-8(9-4-6-13-7-5-9)14-12(19)15-10(16)2-3-11(17)18/h4-8H,2-3H2,1H3,(H,17,18)(H2,14,15,16,19). The zero-order valence-corrected chi connectivity index (χ0v) is 10.4. The second-order valence-electron chi connectivity index (χ2n) is 3.92. The molecule has 0 fully saturated rings. The first-order valence-corrected chi connectivity index (χ1v) is 5.71. The van der Waals surface area contributed by atoms with Crippen LogP contribution < -0.4 is 10.6 Å². The van der Waals surface area contributed by atoms with Gasteiger partial charge in [0.05, 0.1) is 12.5 Å². The van der Waals surface area contributed by atoms with Crippen LogP contribution in [0.2, 0.25) is 0 Å². The van der Waals surface area contributed by atoms with Crippen molar-refractivity contribution in [3.8, 4) is 0 Å². The molecule has 3 amide bonds. The summed E-state index contributed by atoms with van der Waals surface area (Å²) in [5.41, 5.74) is 0.850. The van der Waals surface area contributed by atoms with E-state index < -0.39 is 17.9 Å². The van der Waals surface area contributed by atoms with Gasteiger partial charge in [0.1, 0.15) is 0 Å². The normalized spacial score (nSPS) is 11.4. The van der Waals surface area contributed by atoms with Gasteiger partial charge in [-0.15, -0.1) is 0 Å². The molecular weight excluding hydrogens is 250 g/mol. The van der Waals surface area contributed by atoms with Crippen LogP contribution in [0.15, 0.2) is 24.5 Å². The lowest BCUT2D eigenvalue weighted by atomic mass is 10.1. The van der Waals surface area contributed by atoms with Crippen molar-refractivity contribution in [3.63, 3.8) is 0 Å². The number of amides is 3. The SMILES string of the molecule is CC(NC(=O)NC(=O)CCC(=O)O)c1ccncc1. The first-order valence-electron chi connectivity index (χ1n) is 5.71. The number of rotatable bonds is 5. The second kappa shape index (κ2) is 7.10. The van der Waals surface area contributed by atoms with Gasteiger partial charge in [-0.2, -0.15) is 0 Å². The number of hydrogen-bond acceptors (Lipinski definition) is 4. The van der Waals surface area contributed by atoms with E-state index in [-0.39, 0.29) is 18.9 Å². The van der Waals surface area contributed by atoms with Crippen LogP contribution in [0.5, 0.6) is 0 Å². The van der Waals surface area contributed by atoms with E-state index in [2.05, 4.69) is 15.6 Å². The average molecular weight is 265 g/mol. The zero-order valence-electron chi connectivity index (χ0n) is 10.4. The van der Waals surface area contributed by atoms with Gasteiger partial charge < -0.3 is 10.4 Å². The first-order chi connectivity index (χ1) is 8.99. The van der Waals surface area contributed by atoms with Crippen molar-refractivity contribution in [1.82, 2.24) is 15.6 Å². The maximum atomic E-state index is 11.5. The molecule has 1 aromatic heterocycles. The summed E-state index contributed by atoms with van der Waals surface area (Å²) in [6.45, 7) is 1.76. The molecule has 3 N–H and O–H groups in total. The predicted octanol–water partition coefficient (Wildman–Crippen LogP) is 0.833. The van der Waals surface area contributed by atoms with Gasteiger partial charge in [-0.25, -0.2) is 4.79 Å². The highest BCUT2D eigenvalue weighted by Crippen LogP contribution is 2.09. The van der Waals surface area contributed by atoms with E-state index in [0.29, 0.717) is 0 Å². The number of nitrogens with one attached hydrogen (secondary N) is 2. The molecule has 7 nitrogen and oxygen atoms in total. The topological polar surface area (TPSA) is 108 Å². The highest BCUT2D eigenvalue weighted by atomic mass is 16.4. The summed E-state index contributed by atoms with van der Waals surface area (Å²) in [4.78, 5) is 36.8. The number of urea groups is 1. The van der Waals surface area contributed by atoms with Crippen LogP contribution in [0, 0.1) is 0 Å². The molecule has 1 rings (SSSR count). The number of aromatic nitrogens is 1. The van der Waals surface area contributed by atoms with Crippen LogP contribution in [-0.4, -0.2) is 28.0 Å². The van der Waals surface area contributed by atoms with Crippen molar-refractivity contribution in [1.29, 1.82) is 0 Å². The minimum atomic E-state index is -1.08. The van der Waals surface area contributed by atoms with Crippen molar-refractivity contribution >= 4 is 17.9 Å². The van der Waals surface area contributed by atoms with E-state index in [1.807, 2.05) is 0 Å². The lowest BCUT2D eigenvalue weighted by molar-refractivity contribution is -0.138. The van der Waals surface area contributed by atoms with E-state index in [1.165, 1.54) is 0 Å². The third-order valence-electron chi connectivity index (χ3n) is 2.37. The molecule has 0 aliphatic rings. The van der Waals surface area contributed by atoms with E-state index in [4.69, 9.17) is 5.11 Å². The quantitative estimate of drug-likeness (QED) is 0.730. The van der Waals surface area contributed by atoms with Gasteiger partial charge in [-0.3, -0.25) is 19.9 Å². The lowest BCUT2D eigenvalue weighted by Crippen LogP contribution is -2.40. The number of carboxylic acids is 1. The second-order valence-corrected chi connectivity index (χ2v) is 3.92. The van der Waals surface area contributed by atoms with Gasteiger partial charge in [-0.05, 0) is 24.6 Å². The summed E-state index contributed by atoms with van der Waals surface area (Å²) in [6.07, 6.45) is 2.66. The monoisotopic (exact) mass is 265 g/mol. The highest BCUT2D eigenvalue weighted by molar-refractivity contribution is 5.95. The molecule has 1 atom stereocenters. The minimum absolute atomic E-state index is 0.230. The van der Waals surface area contributed by atoms with Gasteiger partial charge in [0.2, 0.25) is 5.91 Å². The van der Waals surface area contributed by atoms with Crippen molar-refractivity contribution in [3.05, 3.63) is 30.1 Å². The van der Waals surface area contributed by atoms with Gasteiger partial charge in [0.25, 0.3) is 0 Å².